The minimum absolute atomic E-state index is 0.0565. The minimum Gasteiger partial charge on any atom is -0.477 e. The molecule has 1 aromatic rings. The third-order valence-electron chi connectivity index (χ3n) is 3.73. The Morgan fingerprint density at radius 2 is 2.04 bits per heavy atom. The summed E-state index contributed by atoms with van der Waals surface area (Å²) in [6, 6.07) is 7.84. The predicted octanol–water partition coefficient (Wildman–Crippen LogP) is 1.28. The van der Waals surface area contributed by atoms with E-state index < -0.39 is 23.3 Å². The van der Waals surface area contributed by atoms with Crippen molar-refractivity contribution in [2.75, 3.05) is 11.6 Å². The lowest BCUT2D eigenvalue weighted by Gasteiger charge is -2.49. The van der Waals surface area contributed by atoms with Crippen LogP contribution >= 0.6 is 23.4 Å². The van der Waals surface area contributed by atoms with Crippen molar-refractivity contribution in [3.05, 3.63) is 47.2 Å². The Morgan fingerprint density at radius 3 is 2.65 bits per heavy atom. The van der Waals surface area contributed by atoms with Gasteiger partial charge >= 0.3 is 5.97 Å². The van der Waals surface area contributed by atoms with E-state index >= 15 is 0 Å². The Bertz CT molecular complexity index is 707. The van der Waals surface area contributed by atoms with Crippen molar-refractivity contribution in [2.24, 2.45) is 0 Å². The van der Waals surface area contributed by atoms with E-state index in [2.05, 4.69) is 5.32 Å². The zero-order valence-corrected chi connectivity index (χ0v) is 13.4. The number of hydrogen-bond donors (Lipinski definition) is 2. The SMILES string of the molecule is O=C(O)C1=C(CCl)CS[C@@H]2C(NC(=O)c3ccccc3)C(=O)N12. The van der Waals surface area contributed by atoms with Crippen LogP contribution in [0.3, 0.4) is 0 Å². The number of benzene rings is 1. The number of hydrogen-bond acceptors (Lipinski definition) is 4. The third kappa shape index (κ3) is 2.70. The van der Waals surface area contributed by atoms with E-state index in [9.17, 15) is 19.5 Å². The number of fused-ring (bicyclic) bond motifs is 1. The van der Waals surface area contributed by atoms with Gasteiger partial charge in [-0.05, 0) is 17.7 Å². The molecule has 23 heavy (non-hydrogen) atoms. The molecule has 8 heteroatoms. The van der Waals surface area contributed by atoms with Crippen molar-refractivity contribution in [3.63, 3.8) is 0 Å². The second kappa shape index (κ2) is 6.25. The molecule has 0 radical (unpaired) electrons. The first-order chi connectivity index (χ1) is 11.0. The van der Waals surface area contributed by atoms with Gasteiger partial charge in [-0.1, -0.05) is 18.2 Å². The van der Waals surface area contributed by atoms with Crippen LogP contribution in [-0.2, 0) is 9.59 Å². The largest absolute Gasteiger partial charge is 0.477 e. The highest BCUT2D eigenvalue weighted by atomic mass is 35.5. The summed E-state index contributed by atoms with van der Waals surface area (Å²) in [5.74, 6) is -1.46. The Hall–Kier alpha value is -1.99. The summed E-state index contributed by atoms with van der Waals surface area (Å²) in [5, 5.41) is 11.6. The first-order valence-electron chi connectivity index (χ1n) is 6.86. The van der Waals surface area contributed by atoms with Gasteiger partial charge in [0.25, 0.3) is 11.8 Å². The van der Waals surface area contributed by atoms with Gasteiger partial charge in [-0.2, -0.15) is 0 Å². The lowest BCUT2D eigenvalue weighted by atomic mass is 10.0. The molecule has 1 saturated heterocycles. The van der Waals surface area contributed by atoms with Crippen LogP contribution < -0.4 is 5.32 Å². The maximum Gasteiger partial charge on any atom is 0.352 e. The van der Waals surface area contributed by atoms with Gasteiger partial charge < -0.3 is 10.4 Å². The Balaban J connectivity index is 1.77. The number of amides is 2. The average Bonchev–Trinajstić information content (AvgIpc) is 2.58. The standard InChI is InChI=1S/C15H13ClN2O4S/c16-6-9-7-23-14-10(13(20)18(14)11(9)15(21)22)17-12(19)8-4-2-1-3-5-8/h1-5,10,14H,6-7H2,(H,17,19)(H,21,22)/t10?,14-/m1/s1. The van der Waals surface area contributed by atoms with Gasteiger partial charge in [-0.25, -0.2) is 4.79 Å². The fourth-order valence-corrected chi connectivity index (χ4v) is 4.28. The number of carboxylic acids is 1. The molecule has 2 aliphatic rings. The van der Waals surface area contributed by atoms with Crippen LogP contribution in [0.5, 0.6) is 0 Å². The van der Waals surface area contributed by atoms with Gasteiger partial charge in [0, 0.05) is 17.2 Å². The molecule has 2 atom stereocenters. The van der Waals surface area contributed by atoms with E-state index in [0.717, 1.165) is 0 Å². The molecular weight excluding hydrogens is 340 g/mol. The van der Waals surface area contributed by atoms with Crippen LogP contribution in [0.25, 0.3) is 0 Å². The van der Waals surface area contributed by atoms with Gasteiger partial charge in [0.05, 0.1) is 0 Å². The normalized spacial score (nSPS) is 23.2. The van der Waals surface area contributed by atoms with E-state index in [1.54, 1.807) is 30.3 Å². The minimum atomic E-state index is -1.17. The zero-order valence-electron chi connectivity index (χ0n) is 11.9. The van der Waals surface area contributed by atoms with Gasteiger partial charge in [0.2, 0.25) is 0 Å². The predicted molar refractivity (Wildman–Crippen MR) is 86.2 cm³/mol. The maximum absolute atomic E-state index is 12.3. The summed E-state index contributed by atoms with van der Waals surface area (Å²) in [6.07, 6.45) is 0. The Labute approximate surface area is 141 Å². The summed E-state index contributed by atoms with van der Waals surface area (Å²) in [7, 11) is 0. The molecule has 2 amide bonds. The summed E-state index contributed by atoms with van der Waals surface area (Å²) < 4.78 is 0. The average molecular weight is 353 g/mol. The fraction of sp³-hybridized carbons (Fsp3) is 0.267. The molecule has 120 valence electrons. The van der Waals surface area contributed by atoms with Gasteiger partial charge in [-0.3, -0.25) is 14.5 Å². The van der Waals surface area contributed by atoms with E-state index in [1.807, 2.05) is 0 Å². The molecule has 3 rings (SSSR count). The van der Waals surface area contributed by atoms with E-state index in [1.165, 1.54) is 16.7 Å². The number of aliphatic carboxylic acids is 1. The van der Waals surface area contributed by atoms with Crippen molar-refractivity contribution < 1.29 is 19.5 Å². The van der Waals surface area contributed by atoms with Crippen molar-refractivity contribution in [1.82, 2.24) is 10.2 Å². The third-order valence-corrected chi connectivity index (χ3v) is 5.40. The summed E-state index contributed by atoms with van der Waals surface area (Å²) in [6.45, 7) is 0. The first-order valence-corrected chi connectivity index (χ1v) is 8.44. The summed E-state index contributed by atoms with van der Waals surface area (Å²) >= 11 is 7.16. The van der Waals surface area contributed by atoms with E-state index in [4.69, 9.17) is 11.6 Å². The Kier molecular flexibility index (Phi) is 4.32. The van der Waals surface area contributed by atoms with Crippen molar-refractivity contribution in [3.8, 4) is 0 Å². The number of halogens is 1. The topological polar surface area (TPSA) is 86.7 Å². The molecule has 0 aromatic heterocycles. The highest BCUT2D eigenvalue weighted by Gasteiger charge is 2.54. The molecule has 0 spiro atoms. The van der Waals surface area contributed by atoms with Crippen molar-refractivity contribution in [2.45, 2.75) is 11.4 Å². The number of β-lactam (4-membered cyclic amide) rings is 1. The van der Waals surface area contributed by atoms with Crippen molar-refractivity contribution >= 4 is 41.1 Å². The van der Waals surface area contributed by atoms with Gasteiger partial charge in [0.15, 0.2) is 0 Å². The molecule has 0 bridgehead atoms. The zero-order chi connectivity index (χ0) is 16.6. The van der Waals surface area contributed by atoms with Crippen LogP contribution in [0.4, 0.5) is 0 Å². The maximum atomic E-state index is 12.3. The fourth-order valence-electron chi connectivity index (χ4n) is 2.60. The second-order valence-corrected chi connectivity index (χ2v) is 6.49. The number of carbonyl (C=O) groups excluding carboxylic acids is 2. The summed E-state index contributed by atoms with van der Waals surface area (Å²) in [5.41, 5.74) is 0.913. The van der Waals surface area contributed by atoms with Crippen LogP contribution in [0.1, 0.15) is 10.4 Å². The highest BCUT2D eigenvalue weighted by Crippen LogP contribution is 2.40. The first kappa shape index (κ1) is 15.9. The lowest BCUT2D eigenvalue weighted by Crippen LogP contribution is -2.70. The van der Waals surface area contributed by atoms with Crippen LogP contribution in [0, 0.1) is 0 Å². The highest BCUT2D eigenvalue weighted by molar-refractivity contribution is 8.00. The number of alkyl halides is 1. The molecule has 6 nitrogen and oxygen atoms in total. The number of nitrogens with zero attached hydrogens (tertiary/aromatic N) is 1. The van der Waals surface area contributed by atoms with E-state index in [-0.39, 0.29) is 17.5 Å². The number of carbonyl (C=O) groups is 3. The molecule has 0 aliphatic carbocycles. The van der Waals surface area contributed by atoms with Crippen LogP contribution in [-0.4, -0.2) is 50.8 Å². The molecule has 1 aromatic carbocycles. The molecule has 1 unspecified atom stereocenters. The van der Waals surface area contributed by atoms with Crippen LogP contribution in [0.15, 0.2) is 41.6 Å². The molecule has 0 saturated carbocycles. The lowest BCUT2D eigenvalue weighted by molar-refractivity contribution is -0.148. The number of carboxylic acid groups (broad SMARTS) is 1. The molecule has 2 aliphatic heterocycles. The number of rotatable bonds is 4. The molecule has 1 fully saturated rings. The number of nitrogens with one attached hydrogen (secondary N) is 1. The molecular formula is C15H13ClN2O4S. The smallest absolute Gasteiger partial charge is 0.352 e. The number of thioether (sulfide) groups is 1. The quantitative estimate of drug-likeness (QED) is 0.629. The van der Waals surface area contributed by atoms with Crippen molar-refractivity contribution in [1.29, 1.82) is 0 Å². The second-order valence-electron chi connectivity index (χ2n) is 5.12. The Morgan fingerprint density at radius 1 is 1.35 bits per heavy atom. The monoisotopic (exact) mass is 352 g/mol. The molecule has 2 heterocycles. The van der Waals surface area contributed by atoms with E-state index in [0.29, 0.717) is 16.9 Å². The van der Waals surface area contributed by atoms with Gasteiger partial charge in [0.1, 0.15) is 17.1 Å². The summed E-state index contributed by atoms with van der Waals surface area (Å²) in [4.78, 5) is 37.1. The molecule has 2 N–H and O–H groups in total. The van der Waals surface area contributed by atoms with Crippen LogP contribution in [0.2, 0.25) is 0 Å². The van der Waals surface area contributed by atoms with Gasteiger partial charge in [-0.15, -0.1) is 23.4 Å².